The predicted molar refractivity (Wildman–Crippen MR) is 99.6 cm³/mol. The predicted octanol–water partition coefficient (Wildman–Crippen LogP) is -0.247. The third-order valence-electron chi connectivity index (χ3n) is 3.44. The molecule has 10 nitrogen and oxygen atoms in total. The Labute approximate surface area is 156 Å². The Hall–Kier alpha value is -2.27. The SMILES string of the molecule is COC(=O)C(CCCN=C(N)N)NC(=O)c1coc(C(N)CCSC)n1. The number of aliphatic imine (C=N–C) groups is 1. The van der Waals surface area contributed by atoms with E-state index in [-0.39, 0.29) is 23.6 Å². The normalized spacial score (nSPS) is 12.9. The van der Waals surface area contributed by atoms with Gasteiger partial charge in [-0.25, -0.2) is 9.78 Å². The molecule has 0 saturated heterocycles. The van der Waals surface area contributed by atoms with Gasteiger partial charge in [-0.15, -0.1) is 0 Å². The number of aromatic nitrogens is 1. The van der Waals surface area contributed by atoms with Gasteiger partial charge in [0.05, 0.1) is 13.2 Å². The number of carbonyl (C=O) groups is 2. The number of nitrogens with two attached hydrogens (primary N) is 3. The first-order chi connectivity index (χ1) is 12.4. The van der Waals surface area contributed by atoms with Crippen LogP contribution in [0.15, 0.2) is 15.7 Å². The van der Waals surface area contributed by atoms with E-state index in [0.29, 0.717) is 25.8 Å². The van der Waals surface area contributed by atoms with Crippen LogP contribution in [0.4, 0.5) is 0 Å². The van der Waals surface area contributed by atoms with Crippen molar-refractivity contribution in [3.63, 3.8) is 0 Å². The minimum absolute atomic E-state index is 0.0309. The Balaban J connectivity index is 2.66. The number of hydrogen-bond donors (Lipinski definition) is 4. The minimum atomic E-state index is -0.841. The van der Waals surface area contributed by atoms with Crippen molar-refractivity contribution in [3.05, 3.63) is 17.8 Å². The molecular weight excluding hydrogens is 360 g/mol. The van der Waals surface area contributed by atoms with E-state index in [1.807, 2.05) is 6.26 Å². The minimum Gasteiger partial charge on any atom is -0.467 e. The molecule has 0 saturated carbocycles. The summed E-state index contributed by atoms with van der Waals surface area (Å²) in [6, 6.07) is -1.23. The summed E-state index contributed by atoms with van der Waals surface area (Å²) in [5, 5.41) is 2.58. The summed E-state index contributed by atoms with van der Waals surface area (Å²) in [4.78, 5) is 32.1. The molecule has 0 radical (unpaired) electrons. The molecule has 11 heteroatoms. The van der Waals surface area contributed by atoms with Gasteiger partial charge in [0.15, 0.2) is 11.7 Å². The van der Waals surface area contributed by atoms with Crippen LogP contribution < -0.4 is 22.5 Å². The fourth-order valence-electron chi connectivity index (χ4n) is 2.06. The van der Waals surface area contributed by atoms with Crippen LogP contribution in [-0.2, 0) is 9.53 Å². The van der Waals surface area contributed by atoms with Gasteiger partial charge in [0.1, 0.15) is 12.3 Å². The van der Waals surface area contributed by atoms with Crippen LogP contribution in [0.3, 0.4) is 0 Å². The Kier molecular flexibility index (Phi) is 9.52. The smallest absolute Gasteiger partial charge is 0.328 e. The molecule has 2 atom stereocenters. The molecule has 0 aliphatic heterocycles. The molecule has 0 aliphatic carbocycles. The molecule has 1 heterocycles. The first kappa shape index (κ1) is 21.8. The summed E-state index contributed by atoms with van der Waals surface area (Å²) in [6.07, 6.45) is 4.67. The number of methoxy groups -OCH3 is 1. The zero-order chi connectivity index (χ0) is 19.5. The number of guanidine groups is 1. The number of esters is 1. The van der Waals surface area contributed by atoms with Gasteiger partial charge in [0, 0.05) is 6.54 Å². The van der Waals surface area contributed by atoms with Crippen molar-refractivity contribution in [1.29, 1.82) is 0 Å². The molecule has 2 unspecified atom stereocenters. The summed E-state index contributed by atoms with van der Waals surface area (Å²) >= 11 is 1.66. The highest BCUT2D eigenvalue weighted by molar-refractivity contribution is 7.98. The lowest BCUT2D eigenvalue weighted by Gasteiger charge is -2.15. The Morgan fingerprint density at radius 3 is 2.77 bits per heavy atom. The first-order valence-electron chi connectivity index (χ1n) is 8.03. The van der Waals surface area contributed by atoms with Crippen molar-refractivity contribution >= 4 is 29.6 Å². The lowest BCUT2D eigenvalue weighted by atomic mass is 10.1. The van der Waals surface area contributed by atoms with Crippen LogP contribution in [0.1, 0.15) is 41.7 Å². The van der Waals surface area contributed by atoms with Crippen molar-refractivity contribution in [1.82, 2.24) is 10.3 Å². The molecular formula is C15H26N6O4S. The fraction of sp³-hybridized carbons (Fsp3) is 0.600. The maximum Gasteiger partial charge on any atom is 0.328 e. The topological polar surface area (TPSA) is 172 Å². The molecule has 1 aromatic heterocycles. The average Bonchev–Trinajstić information content (AvgIpc) is 3.11. The third-order valence-corrected chi connectivity index (χ3v) is 4.09. The lowest BCUT2D eigenvalue weighted by Crippen LogP contribution is -2.41. The average molecular weight is 386 g/mol. The van der Waals surface area contributed by atoms with Gasteiger partial charge in [0.2, 0.25) is 5.89 Å². The van der Waals surface area contributed by atoms with E-state index in [1.54, 1.807) is 11.8 Å². The van der Waals surface area contributed by atoms with Crippen LogP contribution in [0.25, 0.3) is 0 Å². The molecule has 7 N–H and O–H groups in total. The van der Waals surface area contributed by atoms with Crippen molar-refractivity contribution in [2.75, 3.05) is 25.7 Å². The number of oxazole rings is 1. The molecule has 1 amide bonds. The van der Waals surface area contributed by atoms with Gasteiger partial charge >= 0.3 is 5.97 Å². The molecule has 0 spiro atoms. The van der Waals surface area contributed by atoms with E-state index in [9.17, 15) is 9.59 Å². The zero-order valence-corrected chi connectivity index (χ0v) is 15.8. The summed E-state index contributed by atoms with van der Waals surface area (Å²) < 4.78 is 9.98. The van der Waals surface area contributed by atoms with Crippen molar-refractivity contribution < 1.29 is 18.7 Å². The molecule has 0 bridgehead atoms. The van der Waals surface area contributed by atoms with E-state index >= 15 is 0 Å². The second kappa shape index (κ2) is 11.4. The number of thioether (sulfide) groups is 1. The van der Waals surface area contributed by atoms with E-state index in [0.717, 1.165) is 5.75 Å². The highest BCUT2D eigenvalue weighted by atomic mass is 32.2. The fourth-order valence-corrected chi connectivity index (χ4v) is 2.55. The number of ether oxygens (including phenoxy) is 1. The van der Waals surface area contributed by atoms with Gasteiger partial charge in [-0.05, 0) is 31.3 Å². The maximum absolute atomic E-state index is 12.3. The quantitative estimate of drug-likeness (QED) is 0.173. The van der Waals surface area contributed by atoms with E-state index < -0.39 is 17.9 Å². The number of amides is 1. The third kappa shape index (κ3) is 7.31. The van der Waals surface area contributed by atoms with Crippen molar-refractivity contribution in [3.8, 4) is 0 Å². The summed E-state index contributed by atoms with van der Waals surface area (Å²) in [5.74, 6) is -0.00780. The van der Waals surface area contributed by atoms with Crippen LogP contribution in [0.2, 0.25) is 0 Å². The molecule has 146 valence electrons. The van der Waals surface area contributed by atoms with Gasteiger partial charge < -0.3 is 31.7 Å². The molecule has 1 aromatic rings. The molecule has 1 rings (SSSR count). The number of carbonyl (C=O) groups excluding carboxylic acids is 2. The lowest BCUT2D eigenvalue weighted by molar-refractivity contribution is -0.143. The van der Waals surface area contributed by atoms with E-state index in [4.69, 9.17) is 26.4 Å². The molecule has 0 aromatic carbocycles. The molecule has 0 fully saturated rings. The van der Waals surface area contributed by atoms with Crippen LogP contribution in [0, 0.1) is 0 Å². The van der Waals surface area contributed by atoms with E-state index in [1.165, 1.54) is 13.4 Å². The van der Waals surface area contributed by atoms with E-state index in [2.05, 4.69) is 15.3 Å². The van der Waals surface area contributed by atoms with Gasteiger partial charge in [-0.3, -0.25) is 9.79 Å². The summed E-state index contributed by atoms with van der Waals surface area (Å²) in [6.45, 7) is 0.337. The highest BCUT2D eigenvalue weighted by Crippen LogP contribution is 2.15. The van der Waals surface area contributed by atoms with Gasteiger partial charge in [-0.1, -0.05) is 0 Å². The van der Waals surface area contributed by atoms with Gasteiger partial charge in [-0.2, -0.15) is 11.8 Å². The highest BCUT2D eigenvalue weighted by Gasteiger charge is 2.24. The Morgan fingerprint density at radius 2 is 2.15 bits per heavy atom. The first-order valence-corrected chi connectivity index (χ1v) is 9.42. The number of nitrogens with zero attached hydrogens (tertiary/aromatic N) is 2. The summed E-state index contributed by atoms with van der Waals surface area (Å²) in [7, 11) is 1.25. The number of hydrogen-bond acceptors (Lipinski definition) is 8. The monoisotopic (exact) mass is 386 g/mol. The maximum atomic E-state index is 12.3. The molecule has 26 heavy (non-hydrogen) atoms. The summed E-state index contributed by atoms with van der Waals surface area (Å²) in [5.41, 5.74) is 16.5. The Morgan fingerprint density at radius 1 is 1.42 bits per heavy atom. The second-order valence-corrected chi connectivity index (χ2v) is 6.44. The Bertz CT molecular complexity index is 617. The largest absolute Gasteiger partial charge is 0.467 e. The number of rotatable bonds is 11. The standard InChI is InChI=1S/C15H26N6O4S/c1-24-14(23)10(4-3-6-19-15(17)18)20-12(22)11-8-25-13(21-11)9(16)5-7-26-2/h8-10H,3-7,16H2,1-2H3,(H,20,22)(H4,17,18,19). The van der Waals surface area contributed by atoms with Crippen LogP contribution in [0.5, 0.6) is 0 Å². The number of nitrogens with one attached hydrogen (secondary N) is 1. The van der Waals surface area contributed by atoms with Crippen molar-refractivity contribution in [2.45, 2.75) is 31.3 Å². The van der Waals surface area contributed by atoms with Crippen LogP contribution >= 0.6 is 11.8 Å². The van der Waals surface area contributed by atoms with Gasteiger partial charge in [0.25, 0.3) is 5.91 Å². The molecule has 0 aliphatic rings. The zero-order valence-electron chi connectivity index (χ0n) is 14.9. The van der Waals surface area contributed by atoms with Crippen LogP contribution in [-0.4, -0.2) is 54.5 Å². The second-order valence-electron chi connectivity index (χ2n) is 5.46. The van der Waals surface area contributed by atoms with Crippen molar-refractivity contribution in [2.24, 2.45) is 22.2 Å².